The number of ketones is 1. The number of carbonyl (C=O) groups excluding carboxylic acids is 1. The Morgan fingerprint density at radius 2 is 2.00 bits per heavy atom. The minimum absolute atomic E-state index is 0.00604. The Hall–Kier alpha value is -2.40. The second-order valence-electron chi connectivity index (χ2n) is 7.14. The summed E-state index contributed by atoms with van der Waals surface area (Å²) in [5.74, 6) is 1.34. The number of hydrogen-bond donors (Lipinski definition) is 0. The number of pyridine rings is 1. The Bertz CT molecular complexity index is 993. The fourth-order valence-corrected chi connectivity index (χ4v) is 3.42. The van der Waals surface area contributed by atoms with Crippen LogP contribution >= 0.6 is 11.6 Å². The first-order valence-corrected chi connectivity index (χ1v) is 10.1. The van der Waals surface area contributed by atoms with E-state index in [1.54, 1.807) is 6.20 Å². The van der Waals surface area contributed by atoms with Crippen LogP contribution in [-0.2, 0) is 6.54 Å². The van der Waals surface area contributed by atoms with E-state index >= 15 is 0 Å². The van der Waals surface area contributed by atoms with Gasteiger partial charge in [0, 0.05) is 27.7 Å². The molecule has 148 valence electrons. The van der Waals surface area contributed by atoms with E-state index in [2.05, 4.69) is 23.9 Å². The average molecular weight is 400 g/mol. The second-order valence-corrected chi connectivity index (χ2v) is 7.58. The average Bonchev–Trinajstić information content (AvgIpc) is 2.99. The van der Waals surface area contributed by atoms with Crippen molar-refractivity contribution in [3.63, 3.8) is 0 Å². The molecule has 0 radical (unpaired) electrons. The zero-order valence-electron chi connectivity index (χ0n) is 16.8. The number of aryl methyl sites for hydroxylation is 1. The van der Waals surface area contributed by atoms with Crippen LogP contribution in [0.4, 0.5) is 0 Å². The van der Waals surface area contributed by atoms with Gasteiger partial charge in [0.1, 0.15) is 5.75 Å². The van der Waals surface area contributed by atoms with Crippen LogP contribution in [-0.4, -0.2) is 27.2 Å². The molecule has 1 aromatic carbocycles. The Morgan fingerprint density at radius 3 is 2.68 bits per heavy atom. The summed E-state index contributed by atoms with van der Waals surface area (Å²) in [6.07, 6.45) is 3.78. The van der Waals surface area contributed by atoms with Crippen LogP contribution in [0.5, 0.6) is 5.75 Å². The van der Waals surface area contributed by atoms with E-state index in [1.807, 2.05) is 35.9 Å². The van der Waals surface area contributed by atoms with Crippen molar-refractivity contribution in [1.29, 1.82) is 0 Å². The summed E-state index contributed by atoms with van der Waals surface area (Å²) in [5, 5.41) is 6.17. The van der Waals surface area contributed by atoms with Crippen LogP contribution in [0.1, 0.15) is 55.2 Å². The number of benzene rings is 1. The molecule has 3 rings (SSSR count). The topological polar surface area (TPSA) is 57.0 Å². The van der Waals surface area contributed by atoms with Gasteiger partial charge in [-0.2, -0.15) is 5.10 Å². The van der Waals surface area contributed by atoms with Gasteiger partial charge in [0.2, 0.25) is 0 Å². The van der Waals surface area contributed by atoms with Crippen molar-refractivity contribution in [2.75, 3.05) is 6.61 Å². The predicted molar refractivity (Wildman–Crippen MR) is 112 cm³/mol. The largest absolute Gasteiger partial charge is 0.493 e. The zero-order chi connectivity index (χ0) is 20.3. The lowest BCUT2D eigenvalue weighted by Crippen LogP contribution is -2.12. The van der Waals surface area contributed by atoms with Gasteiger partial charge in [-0.1, -0.05) is 38.3 Å². The van der Waals surface area contributed by atoms with E-state index in [9.17, 15) is 4.79 Å². The van der Waals surface area contributed by atoms with E-state index < -0.39 is 0 Å². The van der Waals surface area contributed by atoms with Crippen molar-refractivity contribution in [2.45, 2.75) is 47.1 Å². The standard InChI is InChI=1S/C22H26ClN3O2/c1-5-16(6-2)13-28-21-8-7-19(23)9-18(21)12-26-22-20(14(3)25-26)10-17(11-24-22)15(4)27/h7-11,16H,5-6,12-13H2,1-4H3. The van der Waals surface area contributed by atoms with Gasteiger partial charge in [-0.15, -0.1) is 0 Å². The van der Waals surface area contributed by atoms with Gasteiger partial charge in [-0.3, -0.25) is 4.79 Å². The number of Topliss-reactive ketones (excluding diaryl/α,β-unsaturated/α-hetero) is 1. The lowest BCUT2D eigenvalue weighted by atomic mass is 10.1. The van der Waals surface area contributed by atoms with Crippen molar-refractivity contribution >= 4 is 28.4 Å². The monoisotopic (exact) mass is 399 g/mol. The van der Waals surface area contributed by atoms with Crippen LogP contribution in [0.15, 0.2) is 30.5 Å². The molecule has 0 aliphatic carbocycles. The number of nitrogens with zero attached hydrogens (tertiary/aromatic N) is 3. The molecular weight excluding hydrogens is 374 g/mol. The molecule has 0 aliphatic rings. The Balaban J connectivity index is 1.93. The van der Waals surface area contributed by atoms with Gasteiger partial charge in [-0.25, -0.2) is 9.67 Å². The first-order chi connectivity index (χ1) is 13.4. The highest BCUT2D eigenvalue weighted by atomic mass is 35.5. The summed E-state index contributed by atoms with van der Waals surface area (Å²) in [6.45, 7) is 9.00. The predicted octanol–water partition coefficient (Wildman–Crippen LogP) is 5.46. The van der Waals surface area contributed by atoms with Crippen molar-refractivity contribution in [2.24, 2.45) is 5.92 Å². The molecule has 5 nitrogen and oxygen atoms in total. The van der Waals surface area contributed by atoms with Crippen molar-refractivity contribution in [1.82, 2.24) is 14.8 Å². The zero-order valence-corrected chi connectivity index (χ0v) is 17.6. The first kappa shape index (κ1) is 20.3. The van der Waals surface area contributed by atoms with Crippen LogP contribution in [0.2, 0.25) is 5.02 Å². The summed E-state index contributed by atoms with van der Waals surface area (Å²) in [7, 11) is 0. The van der Waals surface area contributed by atoms with E-state index in [4.69, 9.17) is 16.3 Å². The van der Waals surface area contributed by atoms with E-state index in [-0.39, 0.29) is 5.78 Å². The van der Waals surface area contributed by atoms with Crippen LogP contribution < -0.4 is 4.74 Å². The van der Waals surface area contributed by atoms with Gasteiger partial charge in [0.15, 0.2) is 11.4 Å². The third kappa shape index (κ3) is 4.36. The molecule has 6 heteroatoms. The molecule has 0 atom stereocenters. The summed E-state index contributed by atoms with van der Waals surface area (Å²) >= 11 is 6.24. The smallest absolute Gasteiger partial charge is 0.161 e. The van der Waals surface area contributed by atoms with Crippen LogP contribution in [0.25, 0.3) is 11.0 Å². The third-order valence-corrected chi connectivity index (χ3v) is 5.39. The molecule has 28 heavy (non-hydrogen) atoms. The van der Waals surface area contributed by atoms with Crippen molar-refractivity contribution < 1.29 is 9.53 Å². The number of fused-ring (bicyclic) bond motifs is 1. The number of aromatic nitrogens is 3. The van der Waals surface area contributed by atoms with Gasteiger partial charge in [0.05, 0.1) is 18.8 Å². The quantitative estimate of drug-likeness (QED) is 0.472. The number of ether oxygens (including phenoxy) is 1. The van der Waals surface area contributed by atoms with E-state index in [1.165, 1.54) is 6.92 Å². The minimum atomic E-state index is -0.00604. The molecule has 0 N–H and O–H groups in total. The second kappa shape index (κ2) is 8.74. The minimum Gasteiger partial charge on any atom is -0.493 e. The van der Waals surface area contributed by atoms with Gasteiger partial charge in [0.25, 0.3) is 0 Å². The molecule has 0 amide bonds. The number of carbonyl (C=O) groups is 1. The highest BCUT2D eigenvalue weighted by molar-refractivity contribution is 6.30. The summed E-state index contributed by atoms with van der Waals surface area (Å²) in [5.41, 5.74) is 3.13. The highest BCUT2D eigenvalue weighted by Crippen LogP contribution is 2.27. The fraction of sp³-hybridized carbons (Fsp3) is 0.409. The highest BCUT2D eigenvalue weighted by Gasteiger charge is 2.15. The molecule has 0 spiro atoms. The molecule has 0 saturated heterocycles. The van der Waals surface area contributed by atoms with E-state index in [0.717, 1.165) is 40.9 Å². The summed E-state index contributed by atoms with van der Waals surface area (Å²) in [4.78, 5) is 16.1. The lowest BCUT2D eigenvalue weighted by molar-refractivity contribution is 0.101. The van der Waals surface area contributed by atoms with Gasteiger partial charge < -0.3 is 4.74 Å². The Kier molecular flexibility index (Phi) is 6.35. The normalized spacial score (nSPS) is 11.4. The van der Waals surface area contributed by atoms with Gasteiger partial charge in [-0.05, 0) is 44.0 Å². The molecule has 2 heterocycles. The Labute approximate surface area is 170 Å². The maximum absolute atomic E-state index is 11.7. The molecule has 2 aromatic heterocycles. The Morgan fingerprint density at radius 1 is 1.25 bits per heavy atom. The maximum atomic E-state index is 11.7. The molecule has 0 fully saturated rings. The fourth-order valence-electron chi connectivity index (χ4n) is 3.22. The summed E-state index contributed by atoms with van der Waals surface area (Å²) < 4.78 is 7.95. The first-order valence-electron chi connectivity index (χ1n) is 9.68. The SMILES string of the molecule is CCC(CC)COc1ccc(Cl)cc1Cn1nc(C)c2cc(C(C)=O)cnc21. The van der Waals surface area contributed by atoms with Crippen molar-refractivity contribution in [3.8, 4) is 5.75 Å². The number of rotatable bonds is 8. The van der Waals surface area contributed by atoms with Gasteiger partial charge >= 0.3 is 0 Å². The maximum Gasteiger partial charge on any atom is 0.161 e. The molecular formula is C22H26ClN3O2. The van der Waals surface area contributed by atoms with Crippen molar-refractivity contribution in [3.05, 3.63) is 52.3 Å². The molecule has 0 bridgehead atoms. The van der Waals surface area contributed by atoms with Crippen LogP contribution in [0.3, 0.4) is 0 Å². The number of hydrogen-bond acceptors (Lipinski definition) is 4. The molecule has 0 aliphatic heterocycles. The molecule has 0 unspecified atom stereocenters. The third-order valence-electron chi connectivity index (χ3n) is 5.15. The van der Waals surface area contributed by atoms with E-state index in [0.29, 0.717) is 29.7 Å². The summed E-state index contributed by atoms with van der Waals surface area (Å²) in [6, 6.07) is 7.53. The molecule has 0 saturated carbocycles. The number of halogens is 1. The molecule has 3 aromatic rings. The van der Waals surface area contributed by atoms with Crippen LogP contribution in [0, 0.1) is 12.8 Å². The lowest BCUT2D eigenvalue weighted by Gasteiger charge is -2.17.